The fraction of sp³-hybridized carbons (Fsp3) is 0.385. The monoisotopic (exact) mass is 264 g/mol. The zero-order valence-electron chi connectivity index (χ0n) is 10.7. The topological polar surface area (TPSA) is 55.0 Å². The van der Waals surface area contributed by atoms with Gasteiger partial charge in [0, 0.05) is 0 Å². The fourth-order valence-corrected chi connectivity index (χ4v) is 2.31. The molecule has 1 aromatic heterocycles. The first kappa shape index (κ1) is 13.0. The lowest BCUT2D eigenvalue weighted by Crippen LogP contribution is -2.13. The van der Waals surface area contributed by atoms with Crippen molar-refractivity contribution in [2.45, 2.75) is 32.0 Å². The minimum atomic E-state index is -0.216. The Labute approximate surface area is 110 Å². The molecule has 0 aliphatic heterocycles. The number of aromatic amines is 1. The van der Waals surface area contributed by atoms with Crippen LogP contribution in [0.5, 0.6) is 0 Å². The van der Waals surface area contributed by atoms with E-state index in [0.29, 0.717) is 0 Å². The third kappa shape index (κ3) is 3.04. The first-order valence-corrected chi connectivity index (χ1v) is 6.82. The summed E-state index contributed by atoms with van der Waals surface area (Å²) in [6.07, 6.45) is -0.0731. The Bertz CT molecular complexity index is 563. The predicted molar refractivity (Wildman–Crippen MR) is 72.8 cm³/mol. The minimum absolute atomic E-state index is 0.0731. The number of imidazole rings is 1. The fourth-order valence-electron chi connectivity index (χ4n) is 1.65. The van der Waals surface area contributed by atoms with E-state index in [1.165, 1.54) is 11.8 Å². The number of thioether (sulfide) groups is 1. The number of carbonyl (C=O) groups excluding carboxylic acids is 1. The summed E-state index contributed by atoms with van der Waals surface area (Å²) < 4.78 is 5.07. The highest BCUT2D eigenvalue weighted by atomic mass is 32.2. The van der Waals surface area contributed by atoms with Crippen LogP contribution >= 0.6 is 11.8 Å². The molecule has 0 unspecified atom stereocenters. The summed E-state index contributed by atoms with van der Waals surface area (Å²) >= 11 is 1.36. The van der Waals surface area contributed by atoms with Crippen LogP contribution in [0.15, 0.2) is 23.4 Å². The molecular formula is C13H16N2O2S. The number of nitrogens with one attached hydrogen (secondary N) is 1. The smallest absolute Gasteiger partial charge is 0.316 e. The average molecular weight is 264 g/mol. The molecule has 0 amide bonds. The number of benzene rings is 1. The van der Waals surface area contributed by atoms with Crippen molar-refractivity contribution >= 4 is 28.8 Å². The quantitative estimate of drug-likeness (QED) is 0.681. The van der Waals surface area contributed by atoms with Gasteiger partial charge in [-0.15, -0.1) is 0 Å². The van der Waals surface area contributed by atoms with Gasteiger partial charge in [-0.3, -0.25) is 4.79 Å². The first-order valence-electron chi connectivity index (χ1n) is 5.84. The average Bonchev–Trinajstić information content (AvgIpc) is 2.70. The van der Waals surface area contributed by atoms with Gasteiger partial charge in [0.1, 0.15) is 0 Å². The molecule has 1 aromatic carbocycles. The molecule has 0 fully saturated rings. The molecule has 5 heteroatoms. The molecule has 2 rings (SSSR count). The second-order valence-electron chi connectivity index (χ2n) is 4.34. The number of hydrogen-bond donors (Lipinski definition) is 1. The lowest BCUT2D eigenvalue weighted by molar-refractivity contribution is -0.144. The van der Waals surface area contributed by atoms with E-state index in [9.17, 15) is 4.79 Å². The van der Waals surface area contributed by atoms with Gasteiger partial charge in [0.2, 0.25) is 0 Å². The number of carbonyl (C=O) groups is 1. The van der Waals surface area contributed by atoms with E-state index in [1.54, 1.807) is 0 Å². The van der Waals surface area contributed by atoms with Crippen molar-refractivity contribution in [3.05, 3.63) is 23.8 Å². The molecule has 1 N–H and O–H groups in total. The molecule has 96 valence electrons. The Morgan fingerprint density at radius 2 is 2.28 bits per heavy atom. The number of esters is 1. The SMILES string of the molecule is Cc1cccc2[nH]c(SCC(=O)OC(C)C)nc12. The van der Waals surface area contributed by atoms with Crippen LogP contribution in [0, 0.1) is 6.92 Å². The van der Waals surface area contributed by atoms with E-state index in [4.69, 9.17) is 4.74 Å². The molecular weight excluding hydrogens is 248 g/mol. The van der Waals surface area contributed by atoms with Gasteiger partial charge in [-0.2, -0.15) is 0 Å². The maximum absolute atomic E-state index is 11.4. The summed E-state index contributed by atoms with van der Waals surface area (Å²) in [6.45, 7) is 5.70. The summed E-state index contributed by atoms with van der Waals surface area (Å²) in [7, 11) is 0. The number of nitrogens with zero attached hydrogens (tertiary/aromatic N) is 1. The highest BCUT2D eigenvalue weighted by molar-refractivity contribution is 7.99. The maximum Gasteiger partial charge on any atom is 0.316 e. The number of rotatable bonds is 4. The molecule has 0 aliphatic carbocycles. The Morgan fingerprint density at radius 3 is 2.94 bits per heavy atom. The van der Waals surface area contributed by atoms with Crippen LogP contribution in [0.1, 0.15) is 19.4 Å². The molecule has 0 atom stereocenters. The summed E-state index contributed by atoms with van der Waals surface area (Å²) in [5.74, 6) is 0.0593. The van der Waals surface area contributed by atoms with Crippen LogP contribution in [0.3, 0.4) is 0 Å². The molecule has 0 aliphatic rings. The van der Waals surface area contributed by atoms with Gasteiger partial charge in [-0.25, -0.2) is 4.98 Å². The second kappa shape index (κ2) is 5.44. The number of H-pyrrole nitrogens is 1. The molecule has 0 spiro atoms. The molecule has 0 saturated carbocycles. The van der Waals surface area contributed by atoms with Crippen molar-refractivity contribution in [1.29, 1.82) is 0 Å². The Morgan fingerprint density at radius 1 is 1.50 bits per heavy atom. The van der Waals surface area contributed by atoms with E-state index in [1.807, 2.05) is 39.0 Å². The van der Waals surface area contributed by atoms with E-state index < -0.39 is 0 Å². The lowest BCUT2D eigenvalue weighted by Gasteiger charge is -2.06. The van der Waals surface area contributed by atoms with Crippen molar-refractivity contribution < 1.29 is 9.53 Å². The Kier molecular flexibility index (Phi) is 3.91. The number of fused-ring (bicyclic) bond motifs is 1. The highest BCUT2D eigenvalue weighted by Gasteiger charge is 2.09. The second-order valence-corrected chi connectivity index (χ2v) is 5.30. The third-order valence-corrected chi connectivity index (χ3v) is 3.23. The Hall–Kier alpha value is -1.49. The Balaban J connectivity index is 2.04. The van der Waals surface area contributed by atoms with Crippen LogP contribution in [-0.4, -0.2) is 27.8 Å². The third-order valence-electron chi connectivity index (χ3n) is 2.39. The molecule has 0 bridgehead atoms. The van der Waals surface area contributed by atoms with Gasteiger partial charge in [-0.1, -0.05) is 23.9 Å². The molecule has 0 radical (unpaired) electrons. The van der Waals surface area contributed by atoms with Gasteiger partial charge in [0.15, 0.2) is 5.16 Å². The van der Waals surface area contributed by atoms with E-state index in [2.05, 4.69) is 9.97 Å². The van der Waals surface area contributed by atoms with E-state index in [0.717, 1.165) is 21.8 Å². The lowest BCUT2D eigenvalue weighted by atomic mass is 10.2. The molecule has 4 nitrogen and oxygen atoms in total. The number of para-hydroxylation sites is 1. The molecule has 2 aromatic rings. The van der Waals surface area contributed by atoms with Crippen LogP contribution in [0.4, 0.5) is 0 Å². The van der Waals surface area contributed by atoms with Crippen molar-refractivity contribution in [2.75, 3.05) is 5.75 Å². The number of aromatic nitrogens is 2. The normalized spacial score (nSPS) is 11.1. The van der Waals surface area contributed by atoms with E-state index in [-0.39, 0.29) is 17.8 Å². The van der Waals surface area contributed by atoms with Gasteiger partial charge in [-0.05, 0) is 32.4 Å². The van der Waals surface area contributed by atoms with Gasteiger partial charge in [0.25, 0.3) is 0 Å². The van der Waals surface area contributed by atoms with Gasteiger partial charge in [0.05, 0.1) is 22.9 Å². The maximum atomic E-state index is 11.4. The van der Waals surface area contributed by atoms with Crippen LogP contribution in [0.25, 0.3) is 11.0 Å². The van der Waals surface area contributed by atoms with Crippen molar-refractivity contribution in [2.24, 2.45) is 0 Å². The predicted octanol–water partition coefficient (Wildman–Crippen LogP) is 2.92. The van der Waals surface area contributed by atoms with Crippen molar-refractivity contribution in [3.63, 3.8) is 0 Å². The van der Waals surface area contributed by atoms with Crippen LogP contribution in [-0.2, 0) is 9.53 Å². The summed E-state index contributed by atoms with van der Waals surface area (Å²) in [5, 5.41) is 0.750. The van der Waals surface area contributed by atoms with Crippen LogP contribution < -0.4 is 0 Å². The van der Waals surface area contributed by atoms with Crippen LogP contribution in [0.2, 0.25) is 0 Å². The van der Waals surface area contributed by atoms with Gasteiger partial charge >= 0.3 is 5.97 Å². The van der Waals surface area contributed by atoms with Gasteiger partial charge < -0.3 is 9.72 Å². The van der Waals surface area contributed by atoms with E-state index >= 15 is 0 Å². The molecule has 1 heterocycles. The first-order chi connectivity index (χ1) is 8.56. The minimum Gasteiger partial charge on any atom is -0.462 e. The number of hydrogen-bond acceptors (Lipinski definition) is 4. The van der Waals surface area contributed by atoms with Crippen molar-refractivity contribution in [1.82, 2.24) is 9.97 Å². The summed E-state index contributed by atoms with van der Waals surface area (Å²) in [6, 6.07) is 5.98. The zero-order valence-corrected chi connectivity index (χ0v) is 11.5. The molecule has 0 saturated heterocycles. The largest absolute Gasteiger partial charge is 0.462 e. The summed E-state index contributed by atoms with van der Waals surface area (Å²) in [4.78, 5) is 19.1. The van der Waals surface area contributed by atoms with Crippen molar-refractivity contribution in [3.8, 4) is 0 Å². The summed E-state index contributed by atoms with van der Waals surface area (Å²) in [5.41, 5.74) is 3.08. The number of aryl methyl sites for hydroxylation is 1. The zero-order chi connectivity index (χ0) is 13.1. The highest BCUT2D eigenvalue weighted by Crippen LogP contribution is 2.21. The molecule has 18 heavy (non-hydrogen) atoms. The standard InChI is InChI=1S/C13H16N2O2S/c1-8(2)17-11(16)7-18-13-14-10-6-4-5-9(3)12(10)15-13/h4-6,8H,7H2,1-3H3,(H,14,15). The number of ether oxygens (including phenoxy) is 1.